The molecule has 4 aromatic rings. The second kappa shape index (κ2) is 16.8. The Morgan fingerprint density at radius 2 is 0.745 bits per heavy atom. The van der Waals surface area contributed by atoms with Crippen LogP contribution in [-0.2, 0) is 27.3 Å². The van der Waals surface area contributed by atoms with Crippen LogP contribution in [0, 0.1) is 0 Å². The van der Waals surface area contributed by atoms with Gasteiger partial charge in [0.1, 0.15) is 0 Å². The second-order valence-corrected chi connectivity index (χ2v) is 15.7. The number of para-hydroxylation sites is 2. The van der Waals surface area contributed by atoms with Gasteiger partial charge in [0.05, 0.1) is 11.4 Å². The molecule has 0 amide bonds. The van der Waals surface area contributed by atoms with Gasteiger partial charge in [0.2, 0.25) is 0 Å². The van der Waals surface area contributed by atoms with E-state index in [-0.39, 0.29) is 27.3 Å². The molecule has 2 heterocycles. The molecule has 4 nitrogen and oxygen atoms in total. The fraction of sp³-hybridized carbons (Fsp3) is 0.476. The van der Waals surface area contributed by atoms with E-state index in [2.05, 4.69) is 158 Å². The fourth-order valence-corrected chi connectivity index (χ4v) is 5.32. The zero-order valence-electron chi connectivity index (χ0n) is 31.3. The number of nitrogens with zero attached hydrogens (tertiary/aromatic N) is 4. The summed E-state index contributed by atoms with van der Waals surface area (Å²) in [6.07, 6.45) is 3.81. The average Bonchev–Trinajstić information content (AvgIpc) is 3.65. The minimum Gasteiger partial charge on any atom is -0.660 e. The Balaban J connectivity index is 0.000000320. The van der Waals surface area contributed by atoms with Gasteiger partial charge in [0, 0.05) is 12.4 Å². The van der Waals surface area contributed by atoms with Crippen LogP contribution < -0.4 is 9.97 Å². The standard InChI is InChI=1S/2C21H29N2.Ni/c2*1-14(2)17-9-8-10-18(15(3)4)20(17)22-13-16-11-12-19(23-16)21(5,6)7;/h2*8-15H,1-7H3;/q2*-1;+2. The van der Waals surface area contributed by atoms with Crippen molar-refractivity contribution in [1.29, 1.82) is 0 Å². The minimum absolute atomic E-state index is 0. The van der Waals surface area contributed by atoms with Gasteiger partial charge < -0.3 is 9.97 Å². The summed E-state index contributed by atoms with van der Waals surface area (Å²) in [6.45, 7) is 30.8. The molecule has 0 saturated heterocycles. The van der Waals surface area contributed by atoms with Gasteiger partial charge in [-0.05, 0) is 56.8 Å². The third-order valence-corrected chi connectivity index (χ3v) is 8.20. The largest absolute Gasteiger partial charge is 2.00 e. The monoisotopic (exact) mass is 676 g/mol. The van der Waals surface area contributed by atoms with Crippen LogP contribution in [0.15, 0.2) is 70.6 Å². The van der Waals surface area contributed by atoms with Gasteiger partial charge in [-0.15, -0.1) is 11.4 Å². The molecule has 0 spiro atoms. The first kappa shape index (κ1) is 40.0. The van der Waals surface area contributed by atoms with Crippen LogP contribution in [0.1, 0.15) is 166 Å². The molecule has 0 unspecified atom stereocenters. The van der Waals surface area contributed by atoms with Gasteiger partial charge in [-0.25, -0.2) is 0 Å². The number of hydrogen-bond acceptors (Lipinski definition) is 2. The number of aromatic nitrogens is 2. The molecule has 256 valence electrons. The fourth-order valence-electron chi connectivity index (χ4n) is 5.32. The van der Waals surface area contributed by atoms with E-state index in [0.717, 1.165) is 34.2 Å². The van der Waals surface area contributed by atoms with Crippen LogP contribution in [0.3, 0.4) is 0 Å². The summed E-state index contributed by atoms with van der Waals surface area (Å²) in [7, 11) is 0. The topological polar surface area (TPSA) is 52.9 Å². The van der Waals surface area contributed by atoms with E-state index in [1.54, 1.807) is 0 Å². The molecule has 2 aromatic carbocycles. The molecule has 0 radical (unpaired) electrons. The summed E-state index contributed by atoms with van der Waals surface area (Å²) in [5, 5.41) is 0. The second-order valence-electron chi connectivity index (χ2n) is 15.7. The predicted octanol–water partition coefficient (Wildman–Crippen LogP) is 11.9. The smallest absolute Gasteiger partial charge is 0.660 e. The third kappa shape index (κ3) is 10.9. The van der Waals surface area contributed by atoms with Crippen LogP contribution in [0.4, 0.5) is 11.4 Å². The quantitative estimate of drug-likeness (QED) is 0.138. The van der Waals surface area contributed by atoms with E-state index in [1.807, 2.05) is 12.4 Å². The van der Waals surface area contributed by atoms with Crippen LogP contribution in [0.5, 0.6) is 0 Å². The number of aliphatic imine (C=N–C) groups is 2. The predicted molar refractivity (Wildman–Crippen MR) is 201 cm³/mol. The number of rotatable bonds is 8. The van der Waals surface area contributed by atoms with Gasteiger partial charge in [0.25, 0.3) is 0 Å². The molecule has 0 atom stereocenters. The van der Waals surface area contributed by atoms with Gasteiger partial charge >= 0.3 is 16.5 Å². The zero-order chi connectivity index (χ0) is 34.4. The maximum atomic E-state index is 4.83. The summed E-state index contributed by atoms with van der Waals surface area (Å²) in [5.41, 5.74) is 11.7. The molecule has 0 aliphatic heterocycles. The van der Waals surface area contributed by atoms with Crippen molar-refractivity contribution in [3.63, 3.8) is 0 Å². The van der Waals surface area contributed by atoms with E-state index in [4.69, 9.17) is 20.0 Å². The van der Waals surface area contributed by atoms with Crippen LogP contribution in [0.2, 0.25) is 0 Å². The first-order valence-corrected chi connectivity index (χ1v) is 17.0. The Morgan fingerprint density at radius 1 is 0.468 bits per heavy atom. The molecule has 4 rings (SSSR count). The van der Waals surface area contributed by atoms with E-state index in [9.17, 15) is 0 Å². The van der Waals surface area contributed by atoms with E-state index < -0.39 is 0 Å². The summed E-state index contributed by atoms with van der Waals surface area (Å²) >= 11 is 0. The Labute approximate surface area is 296 Å². The SMILES string of the molecule is CC(C)c1cccc(C(C)C)c1N=Cc1ccc(C(C)(C)C)[n-]1.CC(C)c1cccc(C(C)C)c1N=Cc1ccc(C(C)(C)C)[n-]1.[Ni+2]. The molecule has 5 heteroatoms. The molecule has 2 aromatic heterocycles. The Morgan fingerprint density at radius 3 is 0.957 bits per heavy atom. The van der Waals surface area contributed by atoms with Crippen LogP contribution in [-0.4, -0.2) is 12.4 Å². The summed E-state index contributed by atoms with van der Waals surface area (Å²) in [4.78, 5) is 19.0. The van der Waals surface area contributed by atoms with Crippen molar-refractivity contribution in [2.75, 3.05) is 0 Å². The number of benzene rings is 2. The summed E-state index contributed by atoms with van der Waals surface area (Å²) in [5.74, 6) is 1.83. The Hall–Kier alpha value is -3.17. The van der Waals surface area contributed by atoms with E-state index in [0.29, 0.717) is 23.7 Å². The van der Waals surface area contributed by atoms with Crippen molar-refractivity contribution in [3.05, 3.63) is 106 Å². The Kier molecular flexibility index (Phi) is 14.3. The van der Waals surface area contributed by atoms with Gasteiger partial charge in [-0.3, -0.25) is 9.98 Å². The zero-order valence-corrected chi connectivity index (χ0v) is 32.3. The first-order valence-electron chi connectivity index (χ1n) is 17.0. The Bertz CT molecular complexity index is 1440. The van der Waals surface area contributed by atoms with Crippen molar-refractivity contribution in [2.24, 2.45) is 9.98 Å². The van der Waals surface area contributed by atoms with E-state index >= 15 is 0 Å². The molecular weight excluding hydrogens is 619 g/mol. The number of hydrogen-bond donors (Lipinski definition) is 0. The molecule has 0 fully saturated rings. The third-order valence-electron chi connectivity index (χ3n) is 8.20. The maximum Gasteiger partial charge on any atom is 2.00 e. The van der Waals surface area contributed by atoms with Gasteiger partial charge in [-0.1, -0.05) is 158 Å². The van der Waals surface area contributed by atoms with Crippen LogP contribution in [0.25, 0.3) is 0 Å². The molecule has 47 heavy (non-hydrogen) atoms. The first-order chi connectivity index (χ1) is 21.4. The van der Waals surface area contributed by atoms with Crippen molar-refractivity contribution in [1.82, 2.24) is 9.97 Å². The summed E-state index contributed by atoms with van der Waals surface area (Å²) < 4.78 is 0. The maximum absolute atomic E-state index is 4.83. The molecule has 0 aliphatic rings. The summed E-state index contributed by atoms with van der Waals surface area (Å²) in [6, 6.07) is 21.3. The average molecular weight is 678 g/mol. The van der Waals surface area contributed by atoms with Crippen LogP contribution >= 0.6 is 0 Å². The van der Waals surface area contributed by atoms with Crippen molar-refractivity contribution in [3.8, 4) is 0 Å². The molecule has 0 saturated carbocycles. The van der Waals surface area contributed by atoms with Gasteiger partial charge in [-0.2, -0.15) is 11.4 Å². The molecule has 0 N–H and O–H groups in total. The van der Waals surface area contributed by atoms with Crippen molar-refractivity contribution in [2.45, 2.75) is 131 Å². The van der Waals surface area contributed by atoms with Gasteiger partial charge in [0.15, 0.2) is 0 Å². The van der Waals surface area contributed by atoms with Crippen molar-refractivity contribution >= 4 is 23.8 Å². The van der Waals surface area contributed by atoms with E-state index in [1.165, 1.54) is 22.3 Å². The molecule has 0 aliphatic carbocycles. The van der Waals surface area contributed by atoms with Crippen molar-refractivity contribution < 1.29 is 16.5 Å². The molecule has 0 bridgehead atoms. The molecular formula is C42H58N4Ni. The minimum atomic E-state index is 0. The normalized spacial score (nSPS) is 12.5.